The first-order valence-corrected chi connectivity index (χ1v) is 8.71. The van der Waals surface area contributed by atoms with Crippen molar-refractivity contribution in [1.82, 2.24) is 4.57 Å². The maximum absolute atomic E-state index is 12.2. The molecule has 1 aromatic heterocycles. The van der Waals surface area contributed by atoms with Crippen molar-refractivity contribution in [3.8, 4) is 6.07 Å². The van der Waals surface area contributed by atoms with Crippen molar-refractivity contribution in [1.29, 1.82) is 5.26 Å². The number of carbonyl (C=O) groups is 1. The molecular formula is C22H21N3O2. The number of nitriles is 1. The minimum Gasteiger partial charge on any atom is -0.464 e. The molecule has 1 amide bonds. The van der Waals surface area contributed by atoms with Crippen LogP contribution in [0.15, 0.2) is 60.7 Å². The largest absolute Gasteiger partial charge is 0.464 e. The zero-order valence-corrected chi connectivity index (χ0v) is 15.5. The quantitative estimate of drug-likeness (QED) is 0.678. The first kappa shape index (κ1) is 18.3. The van der Waals surface area contributed by atoms with Crippen LogP contribution in [0.3, 0.4) is 0 Å². The third-order valence-corrected chi connectivity index (χ3v) is 4.93. The Labute approximate surface area is 158 Å². The fraction of sp³-hybridized carbons (Fsp3) is 0.182. The fourth-order valence-electron chi connectivity index (χ4n) is 3.42. The highest BCUT2D eigenvalue weighted by Crippen LogP contribution is 2.38. The molecule has 5 heteroatoms. The van der Waals surface area contributed by atoms with Gasteiger partial charge >= 0.3 is 6.09 Å². The standard InChI is InChI=1S/C22H21N3O2/c1-15-16(2)24(17(3)18-10-6-4-7-11-18)21(20(15)14-23)25(22(26)27)19-12-8-5-9-13-19/h4-13,17H,1-3H3,(H,26,27). The van der Waals surface area contributed by atoms with E-state index in [0.717, 1.165) is 16.8 Å². The number of hydrogen-bond acceptors (Lipinski definition) is 2. The number of anilines is 2. The van der Waals surface area contributed by atoms with Crippen LogP contribution in [0, 0.1) is 25.2 Å². The number of para-hydroxylation sites is 1. The van der Waals surface area contributed by atoms with Crippen LogP contribution in [0.2, 0.25) is 0 Å². The lowest BCUT2D eigenvalue weighted by atomic mass is 10.1. The number of carboxylic acid groups (broad SMARTS) is 1. The molecule has 0 saturated carbocycles. The van der Waals surface area contributed by atoms with E-state index in [1.807, 2.05) is 61.7 Å². The molecule has 0 aliphatic heterocycles. The molecule has 0 fully saturated rings. The molecule has 3 aromatic rings. The predicted molar refractivity (Wildman–Crippen MR) is 105 cm³/mol. The molecule has 3 rings (SSSR count). The molecule has 136 valence electrons. The maximum atomic E-state index is 12.2. The van der Waals surface area contributed by atoms with Crippen molar-refractivity contribution in [2.75, 3.05) is 4.90 Å². The SMILES string of the molecule is Cc1c(C#N)c(N(C(=O)O)c2ccccc2)n(C(C)c2ccccc2)c1C. The molecule has 0 radical (unpaired) electrons. The van der Waals surface area contributed by atoms with Crippen molar-refractivity contribution in [3.05, 3.63) is 83.0 Å². The van der Waals surface area contributed by atoms with Gasteiger partial charge < -0.3 is 9.67 Å². The molecule has 0 spiro atoms. The molecule has 2 aromatic carbocycles. The highest BCUT2D eigenvalue weighted by atomic mass is 16.4. The van der Waals surface area contributed by atoms with Crippen LogP contribution in [-0.2, 0) is 0 Å². The lowest BCUT2D eigenvalue weighted by Gasteiger charge is -2.26. The lowest BCUT2D eigenvalue weighted by molar-refractivity contribution is 0.204. The van der Waals surface area contributed by atoms with Crippen molar-refractivity contribution in [3.63, 3.8) is 0 Å². The summed E-state index contributed by atoms with van der Waals surface area (Å²) >= 11 is 0. The lowest BCUT2D eigenvalue weighted by Crippen LogP contribution is -2.28. The van der Waals surface area contributed by atoms with Gasteiger partial charge in [0.2, 0.25) is 0 Å². The Kier molecular flexibility index (Phi) is 5.00. The summed E-state index contributed by atoms with van der Waals surface area (Å²) in [5, 5.41) is 19.8. The number of hydrogen-bond donors (Lipinski definition) is 1. The summed E-state index contributed by atoms with van der Waals surface area (Å²) in [5.41, 5.74) is 3.58. The summed E-state index contributed by atoms with van der Waals surface area (Å²) in [6.45, 7) is 5.79. The molecular weight excluding hydrogens is 338 g/mol. The summed E-state index contributed by atoms with van der Waals surface area (Å²) in [5.74, 6) is 0.377. The first-order chi connectivity index (χ1) is 13.0. The van der Waals surface area contributed by atoms with Gasteiger partial charge in [0.15, 0.2) is 0 Å². The zero-order chi connectivity index (χ0) is 19.6. The summed E-state index contributed by atoms with van der Waals surface area (Å²) in [7, 11) is 0. The minimum absolute atomic E-state index is 0.132. The van der Waals surface area contributed by atoms with Crippen LogP contribution < -0.4 is 4.90 Å². The van der Waals surface area contributed by atoms with Crippen LogP contribution in [0.1, 0.15) is 35.3 Å². The Bertz CT molecular complexity index is 1000. The van der Waals surface area contributed by atoms with Gasteiger partial charge in [0.05, 0.1) is 17.3 Å². The fourth-order valence-corrected chi connectivity index (χ4v) is 3.42. The van der Waals surface area contributed by atoms with E-state index in [1.165, 1.54) is 4.90 Å². The van der Waals surface area contributed by atoms with E-state index in [1.54, 1.807) is 24.3 Å². The third kappa shape index (κ3) is 3.18. The number of nitrogens with zero attached hydrogens (tertiary/aromatic N) is 3. The van der Waals surface area contributed by atoms with E-state index in [9.17, 15) is 15.2 Å². The van der Waals surface area contributed by atoms with Crippen molar-refractivity contribution < 1.29 is 9.90 Å². The van der Waals surface area contributed by atoms with Crippen molar-refractivity contribution in [2.24, 2.45) is 0 Å². The topological polar surface area (TPSA) is 69.3 Å². The van der Waals surface area contributed by atoms with E-state index in [-0.39, 0.29) is 6.04 Å². The van der Waals surface area contributed by atoms with Crippen LogP contribution in [0.25, 0.3) is 0 Å². The third-order valence-electron chi connectivity index (χ3n) is 4.93. The van der Waals surface area contributed by atoms with Crippen LogP contribution in [-0.4, -0.2) is 15.8 Å². The number of amides is 1. The molecule has 0 aliphatic rings. The highest BCUT2D eigenvalue weighted by molar-refractivity contribution is 5.96. The van der Waals surface area contributed by atoms with Gasteiger partial charge in [0, 0.05) is 5.69 Å². The van der Waals surface area contributed by atoms with Gasteiger partial charge in [-0.3, -0.25) is 0 Å². The molecule has 5 nitrogen and oxygen atoms in total. The molecule has 27 heavy (non-hydrogen) atoms. The number of aromatic nitrogens is 1. The van der Waals surface area contributed by atoms with E-state index >= 15 is 0 Å². The number of rotatable bonds is 4. The van der Waals surface area contributed by atoms with Gasteiger partial charge in [0.1, 0.15) is 11.9 Å². The van der Waals surface area contributed by atoms with E-state index in [0.29, 0.717) is 17.1 Å². The monoisotopic (exact) mass is 359 g/mol. The zero-order valence-electron chi connectivity index (χ0n) is 15.5. The van der Waals surface area contributed by atoms with Gasteiger partial charge in [-0.15, -0.1) is 0 Å². The second kappa shape index (κ2) is 7.38. The van der Waals surface area contributed by atoms with Crippen LogP contribution in [0.5, 0.6) is 0 Å². The molecule has 0 aliphatic carbocycles. The summed E-state index contributed by atoms with van der Waals surface area (Å²) in [4.78, 5) is 13.4. The van der Waals surface area contributed by atoms with Gasteiger partial charge in [0.25, 0.3) is 0 Å². The average Bonchev–Trinajstić information content (AvgIpc) is 2.93. The van der Waals surface area contributed by atoms with E-state index in [4.69, 9.17) is 0 Å². The van der Waals surface area contributed by atoms with Gasteiger partial charge in [-0.25, -0.2) is 9.69 Å². The van der Waals surface area contributed by atoms with Gasteiger partial charge in [-0.05, 0) is 44.0 Å². The Hall–Kier alpha value is -3.52. The molecule has 0 bridgehead atoms. The average molecular weight is 359 g/mol. The van der Waals surface area contributed by atoms with E-state index < -0.39 is 6.09 Å². The normalized spacial score (nSPS) is 11.6. The van der Waals surface area contributed by atoms with Crippen molar-refractivity contribution >= 4 is 17.6 Å². The first-order valence-electron chi connectivity index (χ1n) is 8.71. The summed E-state index contributed by atoms with van der Waals surface area (Å²) < 4.78 is 1.93. The van der Waals surface area contributed by atoms with Gasteiger partial charge in [-0.2, -0.15) is 5.26 Å². The van der Waals surface area contributed by atoms with E-state index in [2.05, 4.69) is 6.07 Å². The maximum Gasteiger partial charge on any atom is 0.417 e. The molecule has 1 unspecified atom stereocenters. The summed E-state index contributed by atoms with van der Waals surface area (Å²) in [6, 6.07) is 20.8. The molecule has 1 heterocycles. The Balaban J connectivity index is 2.30. The van der Waals surface area contributed by atoms with Crippen LogP contribution >= 0.6 is 0 Å². The second-order valence-electron chi connectivity index (χ2n) is 6.43. The summed E-state index contributed by atoms with van der Waals surface area (Å²) in [6.07, 6.45) is -1.13. The Morgan fingerprint density at radius 2 is 1.63 bits per heavy atom. The van der Waals surface area contributed by atoms with Crippen LogP contribution in [0.4, 0.5) is 16.3 Å². The Morgan fingerprint density at radius 3 is 2.15 bits per heavy atom. The Morgan fingerprint density at radius 1 is 1.07 bits per heavy atom. The highest BCUT2D eigenvalue weighted by Gasteiger charge is 2.30. The minimum atomic E-state index is -1.13. The molecule has 0 saturated heterocycles. The van der Waals surface area contributed by atoms with Crippen molar-refractivity contribution in [2.45, 2.75) is 26.8 Å². The smallest absolute Gasteiger partial charge is 0.417 e. The predicted octanol–water partition coefficient (Wildman–Crippen LogP) is 5.40. The molecule has 1 N–H and O–H groups in total. The molecule has 1 atom stereocenters. The second-order valence-corrected chi connectivity index (χ2v) is 6.43. The van der Waals surface area contributed by atoms with Gasteiger partial charge in [-0.1, -0.05) is 48.5 Å². The number of benzene rings is 2.